The van der Waals surface area contributed by atoms with Gasteiger partial charge < -0.3 is 21.3 Å². The van der Waals surface area contributed by atoms with E-state index in [1.807, 2.05) is 0 Å². The van der Waals surface area contributed by atoms with Gasteiger partial charge in [0.05, 0.1) is 6.61 Å². The average Bonchev–Trinajstić information content (AvgIpc) is 2.71. The molecule has 0 spiro atoms. The molecule has 0 aliphatic carbocycles. The van der Waals surface area contributed by atoms with Crippen molar-refractivity contribution in [3.05, 3.63) is 0 Å². The Morgan fingerprint density at radius 1 is 0.742 bits per heavy atom. The molecule has 31 heavy (non-hydrogen) atoms. The Kier molecular flexibility index (Phi) is 35.6. The van der Waals surface area contributed by atoms with Gasteiger partial charge in [-0.3, -0.25) is 4.79 Å². The third-order valence-corrected chi connectivity index (χ3v) is 4.89. The molecule has 0 atom stereocenters. The van der Waals surface area contributed by atoms with E-state index in [2.05, 4.69) is 39.9 Å². The van der Waals surface area contributed by atoms with Gasteiger partial charge in [0, 0.05) is 19.6 Å². The largest absolute Gasteiger partial charge is 0.396 e. The third-order valence-electron chi connectivity index (χ3n) is 4.89. The lowest BCUT2D eigenvalue weighted by Gasteiger charge is -2.04. The fraction of sp³-hybridized carbons (Fsp3) is 0.962. The van der Waals surface area contributed by atoms with Crippen LogP contribution in [-0.2, 0) is 4.79 Å². The number of nitrogens with one attached hydrogen (secondary N) is 1. The maximum Gasteiger partial charge on any atom is 0.220 e. The quantitative estimate of drug-likeness (QED) is 0.200. The predicted molar refractivity (Wildman–Crippen MR) is 136 cm³/mol. The molecule has 0 rings (SSSR count). The molecule has 0 aromatic rings. The van der Waals surface area contributed by atoms with Gasteiger partial charge in [-0.1, -0.05) is 98.8 Å². The SMILES string of the molecule is CC(C)CCN.CC(C)CCO.CCCCCCCCCCCCCC(=O)NCCO. The molecule has 0 bridgehead atoms. The number of hydrogen-bond donors (Lipinski definition) is 4. The van der Waals surface area contributed by atoms with Crippen molar-refractivity contribution in [2.24, 2.45) is 17.6 Å². The van der Waals surface area contributed by atoms with Crippen LogP contribution in [0.5, 0.6) is 0 Å². The molecular weight excluding hydrogens is 388 g/mol. The molecule has 5 nitrogen and oxygen atoms in total. The van der Waals surface area contributed by atoms with E-state index in [9.17, 15) is 4.79 Å². The normalized spacial score (nSPS) is 10.4. The highest BCUT2D eigenvalue weighted by molar-refractivity contribution is 5.75. The zero-order valence-electron chi connectivity index (χ0n) is 21.8. The summed E-state index contributed by atoms with van der Waals surface area (Å²) in [4.78, 5) is 11.2. The second-order valence-electron chi connectivity index (χ2n) is 9.24. The zero-order valence-corrected chi connectivity index (χ0v) is 21.8. The van der Waals surface area contributed by atoms with Crippen LogP contribution < -0.4 is 11.1 Å². The van der Waals surface area contributed by atoms with Crippen LogP contribution in [-0.4, -0.2) is 42.4 Å². The van der Waals surface area contributed by atoms with Gasteiger partial charge in [-0.05, 0) is 37.6 Å². The van der Waals surface area contributed by atoms with Crippen LogP contribution in [0.25, 0.3) is 0 Å². The van der Waals surface area contributed by atoms with Crippen molar-refractivity contribution >= 4 is 5.91 Å². The summed E-state index contributed by atoms with van der Waals surface area (Å²) in [6.45, 7) is 12.4. The first-order valence-electron chi connectivity index (χ1n) is 13.0. The third kappa shape index (κ3) is 44.0. The number of aliphatic hydroxyl groups is 2. The Morgan fingerprint density at radius 3 is 1.48 bits per heavy atom. The Bertz CT molecular complexity index is 314. The molecule has 0 fully saturated rings. The Labute approximate surface area is 195 Å². The van der Waals surface area contributed by atoms with Crippen LogP contribution in [0.4, 0.5) is 0 Å². The summed E-state index contributed by atoms with van der Waals surface area (Å²) in [5.41, 5.74) is 5.23. The lowest BCUT2D eigenvalue weighted by molar-refractivity contribution is -0.121. The zero-order chi connectivity index (χ0) is 24.2. The van der Waals surface area contributed by atoms with Crippen molar-refractivity contribution < 1.29 is 15.0 Å². The number of hydrogen-bond acceptors (Lipinski definition) is 4. The molecular formula is C26H58N2O3. The molecule has 1 amide bonds. The van der Waals surface area contributed by atoms with E-state index in [1.165, 1.54) is 57.8 Å². The molecule has 0 aromatic heterocycles. The van der Waals surface area contributed by atoms with E-state index in [4.69, 9.17) is 15.9 Å². The van der Waals surface area contributed by atoms with E-state index in [-0.39, 0.29) is 12.5 Å². The van der Waals surface area contributed by atoms with Gasteiger partial charge in [0.2, 0.25) is 5.91 Å². The number of nitrogens with two attached hydrogens (primary N) is 1. The van der Waals surface area contributed by atoms with Crippen LogP contribution in [0.3, 0.4) is 0 Å². The van der Waals surface area contributed by atoms with Gasteiger partial charge >= 0.3 is 0 Å². The first-order chi connectivity index (χ1) is 14.8. The summed E-state index contributed by atoms with van der Waals surface area (Å²) in [5, 5.41) is 19.5. The number of amides is 1. The molecule has 0 aliphatic rings. The van der Waals surface area contributed by atoms with Crippen molar-refractivity contribution in [2.45, 2.75) is 125 Å². The summed E-state index contributed by atoms with van der Waals surface area (Å²) in [6.07, 6.45) is 17.0. The molecule has 0 radical (unpaired) electrons. The van der Waals surface area contributed by atoms with Crippen molar-refractivity contribution in [3.63, 3.8) is 0 Å². The summed E-state index contributed by atoms with van der Waals surface area (Å²) in [6, 6.07) is 0. The number of rotatable bonds is 18. The Hall–Kier alpha value is -0.650. The van der Waals surface area contributed by atoms with Crippen LogP contribution in [0.2, 0.25) is 0 Å². The molecule has 0 saturated carbocycles. The molecule has 0 aromatic carbocycles. The molecule has 190 valence electrons. The van der Waals surface area contributed by atoms with Gasteiger partial charge in [0.1, 0.15) is 0 Å². The van der Waals surface area contributed by atoms with Crippen LogP contribution in [0.15, 0.2) is 0 Å². The maximum absolute atomic E-state index is 11.2. The second kappa shape index (κ2) is 31.5. The van der Waals surface area contributed by atoms with E-state index >= 15 is 0 Å². The second-order valence-corrected chi connectivity index (χ2v) is 9.24. The van der Waals surface area contributed by atoms with Gasteiger partial charge in [-0.25, -0.2) is 0 Å². The van der Waals surface area contributed by atoms with Crippen LogP contribution in [0, 0.1) is 11.8 Å². The highest BCUT2D eigenvalue weighted by Crippen LogP contribution is 2.11. The van der Waals surface area contributed by atoms with Crippen molar-refractivity contribution in [1.29, 1.82) is 0 Å². The first kappa shape index (κ1) is 35.0. The van der Waals surface area contributed by atoms with E-state index in [0.717, 1.165) is 38.1 Å². The lowest BCUT2D eigenvalue weighted by atomic mass is 10.1. The highest BCUT2D eigenvalue weighted by Gasteiger charge is 1.99. The fourth-order valence-corrected chi connectivity index (χ4v) is 2.83. The van der Waals surface area contributed by atoms with Crippen molar-refractivity contribution in [3.8, 4) is 0 Å². The summed E-state index contributed by atoms with van der Waals surface area (Å²) in [5.74, 6) is 1.50. The Morgan fingerprint density at radius 2 is 1.19 bits per heavy atom. The van der Waals surface area contributed by atoms with Crippen molar-refractivity contribution in [1.82, 2.24) is 5.32 Å². The average molecular weight is 447 g/mol. The maximum atomic E-state index is 11.2. The summed E-state index contributed by atoms with van der Waals surface area (Å²) >= 11 is 0. The summed E-state index contributed by atoms with van der Waals surface area (Å²) in [7, 11) is 0. The highest BCUT2D eigenvalue weighted by atomic mass is 16.3. The smallest absolute Gasteiger partial charge is 0.220 e. The Balaban J connectivity index is -0.000000532. The topological polar surface area (TPSA) is 95.6 Å². The fourth-order valence-electron chi connectivity index (χ4n) is 2.83. The van der Waals surface area contributed by atoms with E-state index in [1.54, 1.807) is 0 Å². The molecule has 0 heterocycles. The molecule has 0 unspecified atom stereocenters. The minimum absolute atomic E-state index is 0.0317. The van der Waals surface area contributed by atoms with Gasteiger partial charge in [-0.2, -0.15) is 0 Å². The van der Waals surface area contributed by atoms with Gasteiger partial charge in [0.15, 0.2) is 0 Å². The minimum atomic E-state index is 0.0317. The lowest BCUT2D eigenvalue weighted by Crippen LogP contribution is -2.25. The molecule has 5 N–H and O–H groups in total. The number of aliphatic hydroxyl groups excluding tert-OH is 2. The van der Waals surface area contributed by atoms with E-state index < -0.39 is 0 Å². The summed E-state index contributed by atoms with van der Waals surface area (Å²) < 4.78 is 0. The molecule has 5 heteroatoms. The van der Waals surface area contributed by atoms with Gasteiger partial charge in [0.25, 0.3) is 0 Å². The number of unbranched alkanes of at least 4 members (excludes halogenated alkanes) is 10. The number of carbonyl (C=O) groups excluding carboxylic acids is 1. The number of carbonyl (C=O) groups is 1. The van der Waals surface area contributed by atoms with Crippen LogP contribution in [0.1, 0.15) is 125 Å². The molecule has 0 aliphatic heterocycles. The predicted octanol–water partition coefficient (Wildman–Crippen LogP) is 5.81. The molecule has 0 saturated heterocycles. The first-order valence-corrected chi connectivity index (χ1v) is 13.0. The van der Waals surface area contributed by atoms with Gasteiger partial charge in [-0.15, -0.1) is 0 Å². The standard InChI is InChI=1S/C16H33NO2.C5H13N.C5H12O/c1-2-3-4-5-6-7-8-9-10-11-12-13-16(19)17-14-15-18;2*1-5(2)3-4-6/h18H,2-15H2,1H3,(H,17,19);5H,3-4,6H2,1-2H3;5-6H,3-4H2,1-2H3. The monoisotopic (exact) mass is 446 g/mol. The van der Waals surface area contributed by atoms with E-state index in [0.29, 0.717) is 25.5 Å². The van der Waals surface area contributed by atoms with Crippen LogP contribution >= 0.6 is 0 Å². The minimum Gasteiger partial charge on any atom is -0.396 e. The van der Waals surface area contributed by atoms with Crippen molar-refractivity contribution in [2.75, 3.05) is 26.3 Å².